The van der Waals surface area contributed by atoms with Crippen molar-refractivity contribution in [3.05, 3.63) is 60.3 Å². The monoisotopic (exact) mass is 457 g/mol. The normalized spacial score (nSPS) is 17.7. The SMILES string of the molecule is CSc1ccc(CNC(=O)C2CCCN(S(=O)(=O)c3ccc4c(ccn4C)c3)C2)cc1. The first kappa shape index (κ1) is 21.9. The third-order valence-corrected chi connectivity index (χ3v) is 8.48. The first-order chi connectivity index (χ1) is 14.9. The lowest BCUT2D eigenvalue weighted by molar-refractivity contribution is -0.126. The second-order valence-electron chi connectivity index (χ2n) is 7.92. The molecule has 0 bridgehead atoms. The summed E-state index contributed by atoms with van der Waals surface area (Å²) in [6.07, 6.45) is 5.31. The Morgan fingerprint density at radius 1 is 1.16 bits per heavy atom. The molecule has 164 valence electrons. The first-order valence-electron chi connectivity index (χ1n) is 10.3. The van der Waals surface area contributed by atoms with Crippen molar-refractivity contribution in [3.63, 3.8) is 0 Å². The summed E-state index contributed by atoms with van der Waals surface area (Å²) in [6.45, 7) is 1.10. The van der Waals surface area contributed by atoms with Gasteiger partial charge in [0.2, 0.25) is 15.9 Å². The average Bonchev–Trinajstić information content (AvgIpc) is 3.18. The number of sulfonamides is 1. The van der Waals surface area contributed by atoms with Crippen LogP contribution in [0.1, 0.15) is 18.4 Å². The number of fused-ring (bicyclic) bond motifs is 1. The van der Waals surface area contributed by atoms with Crippen molar-refractivity contribution < 1.29 is 13.2 Å². The molecule has 0 aliphatic carbocycles. The van der Waals surface area contributed by atoms with Gasteiger partial charge in [-0.2, -0.15) is 4.31 Å². The van der Waals surface area contributed by atoms with Crippen molar-refractivity contribution in [1.82, 2.24) is 14.2 Å². The van der Waals surface area contributed by atoms with Crippen LogP contribution in [0.3, 0.4) is 0 Å². The summed E-state index contributed by atoms with van der Waals surface area (Å²) in [5.41, 5.74) is 2.02. The number of amides is 1. The van der Waals surface area contributed by atoms with Gasteiger partial charge in [-0.25, -0.2) is 8.42 Å². The molecule has 1 aliphatic heterocycles. The number of hydrogen-bond donors (Lipinski definition) is 1. The highest BCUT2D eigenvalue weighted by molar-refractivity contribution is 7.98. The quantitative estimate of drug-likeness (QED) is 0.574. The van der Waals surface area contributed by atoms with Crippen LogP contribution in [-0.2, 0) is 28.4 Å². The van der Waals surface area contributed by atoms with Gasteiger partial charge in [-0.3, -0.25) is 4.79 Å². The minimum atomic E-state index is -3.64. The smallest absolute Gasteiger partial charge is 0.243 e. The maximum absolute atomic E-state index is 13.2. The Balaban J connectivity index is 1.43. The van der Waals surface area contributed by atoms with Crippen LogP contribution >= 0.6 is 11.8 Å². The average molecular weight is 458 g/mol. The van der Waals surface area contributed by atoms with Crippen LogP contribution in [0.2, 0.25) is 0 Å². The lowest BCUT2D eigenvalue weighted by Gasteiger charge is -2.31. The number of nitrogens with one attached hydrogen (secondary N) is 1. The molecule has 31 heavy (non-hydrogen) atoms. The second-order valence-corrected chi connectivity index (χ2v) is 10.7. The highest BCUT2D eigenvalue weighted by Crippen LogP contribution is 2.26. The molecule has 6 nitrogen and oxygen atoms in total. The summed E-state index contributed by atoms with van der Waals surface area (Å²) in [7, 11) is -1.71. The van der Waals surface area contributed by atoms with E-state index in [0.717, 1.165) is 16.5 Å². The van der Waals surface area contributed by atoms with Gasteiger partial charge in [-0.1, -0.05) is 12.1 Å². The fourth-order valence-electron chi connectivity index (χ4n) is 4.02. The molecule has 1 fully saturated rings. The Bertz CT molecular complexity index is 1190. The molecule has 3 aromatic rings. The zero-order chi connectivity index (χ0) is 22.0. The lowest BCUT2D eigenvalue weighted by Crippen LogP contribution is -2.45. The molecule has 1 unspecified atom stereocenters. The minimum absolute atomic E-state index is 0.0904. The Kier molecular flexibility index (Phi) is 6.41. The van der Waals surface area contributed by atoms with Crippen molar-refractivity contribution in [2.75, 3.05) is 19.3 Å². The van der Waals surface area contributed by atoms with E-state index in [1.165, 1.54) is 9.20 Å². The van der Waals surface area contributed by atoms with Gasteiger partial charge in [0.25, 0.3) is 0 Å². The number of carbonyl (C=O) groups excluding carboxylic acids is 1. The molecule has 0 radical (unpaired) electrons. The van der Waals surface area contributed by atoms with E-state index >= 15 is 0 Å². The van der Waals surface area contributed by atoms with E-state index < -0.39 is 10.0 Å². The molecule has 4 rings (SSSR count). The minimum Gasteiger partial charge on any atom is -0.352 e. The zero-order valence-electron chi connectivity index (χ0n) is 17.7. The zero-order valence-corrected chi connectivity index (χ0v) is 19.4. The topological polar surface area (TPSA) is 71.4 Å². The van der Waals surface area contributed by atoms with Gasteiger partial charge in [0, 0.05) is 48.7 Å². The van der Waals surface area contributed by atoms with Gasteiger partial charge < -0.3 is 9.88 Å². The number of rotatable bonds is 6. The van der Waals surface area contributed by atoms with Gasteiger partial charge in [0.15, 0.2) is 0 Å². The first-order valence-corrected chi connectivity index (χ1v) is 13.0. The van der Waals surface area contributed by atoms with Crippen molar-refractivity contribution in [3.8, 4) is 0 Å². The van der Waals surface area contributed by atoms with Crippen LogP contribution in [0, 0.1) is 5.92 Å². The number of carbonyl (C=O) groups is 1. The highest BCUT2D eigenvalue weighted by Gasteiger charge is 2.33. The van der Waals surface area contributed by atoms with E-state index in [4.69, 9.17) is 0 Å². The molecule has 1 amide bonds. The lowest BCUT2D eigenvalue weighted by atomic mass is 9.99. The van der Waals surface area contributed by atoms with Gasteiger partial charge in [-0.05, 0) is 61.1 Å². The number of thioether (sulfide) groups is 1. The summed E-state index contributed by atoms with van der Waals surface area (Å²) in [4.78, 5) is 14.2. The highest BCUT2D eigenvalue weighted by atomic mass is 32.2. The van der Waals surface area contributed by atoms with Crippen molar-refractivity contribution in [2.45, 2.75) is 29.2 Å². The number of aryl methyl sites for hydroxylation is 1. The van der Waals surface area contributed by atoms with Crippen LogP contribution in [0.4, 0.5) is 0 Å². The number of benzene rings is 2. The van der Waals surface area contributed by atoms with E-state index in [1.54, 1.807) is 23.9 Å². The molecule has 2 aromatic carbocycles. The molecular formula is C23H27N3O3S2. The van der Waals surface area contributed by atoms with Gasteiger partial charge in [-0.15, -0.1) is 11.8 Å². The van der Waals surface area contributed by atoms with Crippen molar-refractivity contribution in [1.29, 1.82) is 0 Å². The standard InChI is InChI=1S/C23H27N3O3S2/c1-25-13-11-18-14-21(9-10-22(18)25)31(28,29)26-12-3-4-19(16-26)23(27)24-15-17-5-7-20(30-2)8-6-17/h5-11,13-14,19H,3-4,12,15-16H2,1-2H3,(H,24,27). The van der Waals surface area contributed by atoms with Gasteiger partial charge in [0.1, 0.15) is 0 Å². The summed E-state index contributed by atoms with van der Waals surface area (Å²) in [6, 6.07) is 15.2. The summed E-state index contributed by atoms with van der Waals surface area (Å²) < 4.78 is 29.9. The Hall–Kier alpha value is -2.29. The largest absolute Gasteiger partial charge is 0.352 e. The van der Waals surface area contributed by atoms with E-state index in [1.807, 2.05) is 60.5 Å². The summed E-state index contributed by atoms with van der Waals surface area (Å²) in [5, 5.41) is 3.87. The third-order valence-electron chi connectivity index (χ3n) is 5.88. The molecule has 2 heterocycles. The van der Waals surface area contributed by atoms with Crippen LogP contribution < -0.4 is 5.32 Å². The Labute approximate surface area is 187 Å². The molecule has 0 saturated carbocycles. The van der Waals surface area contributed by atoms with E-state index in [0.29, 0.717) is 25.9 Å². The van der Waals surface area contributed by atoms with Crippen LogP contribution in [-0.4, -0.2) is 42.5 Å². The van der Waals surface area contributed by atoms with Crippen molar-refractivity contribution in [2.24, 2.45) is 13.0 Å². The fourth-order valence-corrected chi connectivity index (χ4v) is 5.99. The van der Waals surface area contributed by atoms with Crippen LogP contribution in [0.5, 0.6) is 0 Å². The van der Waals surface area contributed by atoms with Crippen LogP contribution in [0.25, 0.3) is 10.9 Å². The Morgan fingerprint density at radius 2 is 1.94 bits per heavy atom. The van der Waals surface area contributed by atoms with E-state index in [-0.39, 0.29) is 23.3 Å². The molecule has 1 N–H and O–H groups in total. The molecule has 0 spiro atoms. The predicted molar refractivity (Wildman–Crippen MR) is 124 cm³/mol. The van der Waals surface area contributed by atoms with Crippen LogP contribution in [0.15, 0.2) is 64.5 Å². The number of piperidine rings is 1. The Morgan fingerprint density at radius 3 is 2.68 bits per heavy atom. The summed E-state index contributed by atoms with van der Waals surface area (Å²) >= 11 is 1.68. The number of aromatic nitrogens is 1. The molecule has 1 atom stereocenters. The number of hydrogen-bond acceptors (Lipinski definition) is 4. The molecule has 1 aromatic heterocycles. The molecule has 1 saturated heterocycles. The van der Waals surface area contributed by atoms with E-state index in [9.17, 15) is 13.2 Å². The number of nitrogens with zero attached hydrogens (tertiary/aromatic N) is 2. The fraction of sp³-hybridized carbons (Fsp3) is 0.348. The third kappa shape index (κ3) is 4.66. The second kappa shape index (κ2) is 9.06. The maximum atomic E-state index is 13.2. The van der Waals surface area contributed by atoms with Gasteiger partial charge in [0.05, 0.1) is 10.8 Å². The molecule has 8 heteroatoms. The maximum Gasteiger partial charge on any atom is 0.243 e. The molecular weight excluding hydrogens is 430 g/mol. The van der Waals surface area contributed by atoms with Gasteiger partial charge >= 0.3 is 0 Å². The predicted octanol–water partition coefficient (Wildman–Crippen LogP) is 3.62. The van der Waals surface area contributed by atoms with Crippen molar-refractivity contribution >= 4 is 38.6 Å². The van der Waals surface area contributed by atoms with E-state index in [2.05, 4.69) is 5.32 Å². The molecule has 1 aliphatic rings. The summed E-state index contributed by atoms with van der Waals surface area (Å²) in [5.74, 6) is -0.429.